The van der Waals surface area contributed by atoms with Gasteiger partial charge in [0.05, 0.1) is 19.6 Å². The first-order valence-electron chi connectivity index (χ1n) is 11.9. The average molecular weight is 597 g/mol. The molecule has 0 heterocycles. The molecule has 0 aliphatic carbocycles. The maximum atomic E-state index is 13.1. The highest BCUT2D eigenvalue weighted by molar-refractivity contribution is 8.08. The number of hydrogen-bond acceptors (Lipinski definition) is 10. The Kier molecular flexibility index (Phi) is 8.07. The van der Waals surface area contributed by atoms with Gasteiger partial charge in [-0.1, -0.05) is 35.4 Å². The molecule has 2 N–H and O–H groups in total. The maximum Gasteiger partial charge on any atom is 0.293 e. The van der Waals surface area contributed by atoms with Crippen LogP contribution in [0.15, 0.2) is 94.7 Å². The monoisotopic (exact) mass is 596 g/mol. The molecule has 0 unspecified atom stereocenters. The summed E-state index contributed by atoms with van der Waals surface area (Å²) in [5.41, 5.74) is 1.85. The molecular weight excluding hydrogens is 572 g/mol. The summed E-state index contributed by atoms with van der Waals surface area (Å²) in [4.78, 5) is 20.7. The maximum absolute atomic E-state index is 13.1. The van der Waals surface area contributed by atoms with Crippen LogP contribution in [0.4, 0.5) is 34.1 Å². The van der Waals surface area contributed by atoms with Gasteiger partial charge in [0.1, 0.15) is 11.4 Å². The smallest absolute Gasteiger partial charge is 0.293 e. The van der Waals surface area contributed by atoms with Crippen molar-refractivity contribution < 1.29 is 26.7 Å². The summed E-state index contributed by atoms with van der Waals surface area (Å²) >= 11 is 0. The second kappa shape index (κ2) is 11.3. The molecule has 0 fully saturated rings. The van der Waals surface area contributed by atoms with Crippen LogP contribution in [-0.4, -0.2) is 31.8 Å². The van der Waals surface area contributed by atoms with Gasteiger partial charge in [-0.25, -0.2) is 16.8 Å². The summed E-state index contributed by atoms with van der Waals surface area (Å²) in [5, 5.41) is 27.7. The molecule has 0 saturated heterocycles. The van der Waals surface area contributed by atoms with E-state index in [1.165, 1.54) is 12.1 Å². The van der Waals surface area contributed by atoms with Crippen LogP contribution in [0.2, 0.25) is 0 Å². The second-order valence-electron chi connectivity index (χ2n) is 9.20. The summed E-state index contributed by atoms with van der Waals surface area (Å²) in [7, 11) is -9.24. The normalized spacial score (nSPS) is 11.6. The summed E-state index contributed by atoms with van der Waals surface area (Å²) in [5.74, 6) is 0. The van der Waals surface area contributed by atoms with E-state index in [-0.39, 0.29) is 11.4 Å². The molecule has 0 atom stereocenters. The number of rotatable bonds is 10. The minimum Gasteiger partial charge on any atom is -0.350 e. The first-order valence-corrected chi connectivity index (χ1v) is 15.3. The number of nitro groups is 2. The fraction of sp³-hybridized carbons (Fsp3) is 0.111. The van der Waals surface area contributed by atoms with Gasteiger partial charge >= 0.3 is 0 Å². The summed E-state index contributed by atoms with van der Waals surface area (Å²) in [6, 6.07) is 19.9. The van der Waals surface area contributed by atoms with Gasteiger partial charge in [-0.15, -0.1) is 0 Å². The lowest BCUT2D eigenvalue weighted by atomic mass is 10.2. The molecule has 0 spiro atoms. The molecule has 4 aromatic rings. The number of nitro benzene ring substituents is 2. The summed E-state index contributed by atoms with van der Waals surface area (Å²) in [6.07, 6.45) is 0. The van der Waals surface area contributed by atoms with Crippen molar-refractivity contribution in [2.24, 2.45) is 0 Å². The van der Waals surface area contributed by atoms with Gasteiger partial charge in [0.15, 0.2) is 24.8 Å². The van der Waals surface area contributed by atoms with Crippen molar-refractivity contribution in [2.75, 3.05) is 15.7 Å². The number of hydrogen-bond donors (Lipinski definition) is 2. The fourth-order valence-corrected chi connectivity index (χ4v) is 7.70. The Balaban J connectivity index is 1.62. The Morgan fingerprint density at radius 3 is 1.24 bits per heavy atom. The van der Waals surface area contributed by atoms with E-state index in [1.54, 1.807) is 48.5 Å². The zero-order valence-corrected chi connectivity index (χ0v) is 23.4. The first kappa shape index (κ1) is 29.2. The molecule has 0 saturated carbocycles. The molecule has 0 aromatic heterocycles. The van der Waals surface area contributed by atoms with Crippen molar-refractivity contribution in [1.82, 2.24) is 0 Å². The molecule has 12 nitrogen and oxygen atoms in total. The highest BCUT2D eigenvalue weighted by Crippen LogP contribution is 2.33. The van der Waals surface area contributed by atoms with Gasteiger partial charge in [0.25, 0.3) is 11.4 Å². The SMILES string of the molecule is Cc1ccc(Nc2ccc(S(=O)(=O)CS(=O)(=O)c3ccc(Nc4ccc(C)cc4)c([N+](=O)[O-])c3)cc2[N+](=O)[O-])cc1. The van der Waals surface area contributed by atoms with E-state index in [2.05, 4.69) is 10.6 Å². The number of anilines is 4. The Bertz CT molecular complexity index is 1720. The van der Waals surface area contributed by atoms with E-state index in [4.69, 9.17) is 0 Å². The predicted octanol–water partition coefficient (Wildman–Crippen LogP) is 5.81. The van der Waals surface area contributed by atoms with Crippen LogP contribution in [0.5, 0.6) is 0 Å². The lowest BCUT2D eigenvalue weighted by molar-refractivity contribution is -0.384. The summed E-state index contributed by atoms with van der Waals surface area (Å²) < 4.78 is 52.4. The Morgan fingerprint density at radius 1 is 0.585 bits per heavy atom. The van der Waals surface area contributed by atoms with E-state index < -0.39 is 55.8 Å². The lowest BCUT2D eigenvalue weighted by Gasteiger charge is -2.11. The number of nitrogens with zero attached hydrogens (tertiary/aromatic N) is 2. The van der Waals surface area contributed by atoms with Crippen molar-refractivity contribution in [3.8, 4) is 0 Å². The Morgan fingerprint density at radius 2 is 0.927 bits per heavy atom. The highest BCUT2D eigenvalue weighted by atomic mass is 32.3. The fourth-order valence-electron chi connectivity index (χ4n) is 3.85. The molecule has 4 aromatic carbocycles. The zero-order chi connectivity index (χ0) is 29.9. The number of aryl methyl sites for hydroxylation is 2. The van der Waals surface area contributed by atoms with Crippen LogP contribution < -0.4 is 10.6 Å². The van der Waals surface area contributed by atoms with Gasteiger partial charge < -0.3 is 10.6 Å². The van der Waals surface area contributed by atoms with Crippen molar-refractivity contribution in [3.63, 3.8) is 0 Å². The van der Waals surface area contributed by atoms with Gasteiger partial charge in [0.2, 0.25) is 0 Å². The number of nitrogens with one attached hydrogen (secondary N) is 2. The molecule has 14 heteroatoms. The van der Waals surface area contributed by atoms with Crippen LogP contribution in [-0.2, 0) is 19.7 Å². The second-order valence-corrected chi connectivity index (χ2v) is 13.5. The number of benzene rings is 4. The van der Waals surface area contributed by atoms with Crippen LogP contribution in [0, 0.1) is 34.1 Å². The van der Waals surface area contributed by atoms with Crippen molar-refractivity contribution in [3.05, 3.63) is 116 Å². The Labute approximate surface area is 235 Å². The van der Waals surface area contributed by atoms with Crippen molar-refractivity contribution >= 4 is 53.8 Å². The molecule has 0 bridgehead atoms. The number of sulfone groups is 2. The van der Waals surface area contributed by atoms with Gasteiger partial charge in [-0.3, -0.25) is 20.2 Å². The topological polar surface area (TPSA) is 179 Å². The molecule has 212 valence electrons. The van der Waals surface area contributed by atoms with E-state index in [1.807, 2.05) is 13.8 Å². The molecule has 41 heavy (non-hydrogen) atoms. The third-order valence-corrected chi connectivity index (χ3v) is 10.4. The quantitative estimate of drug-likeness (QED) is 0.167. The highest BCUT2D eigenvalue weighted by Gasteiger charge is 2.30. The van der Waals surface area contributed by atoms with Crippen molar-refractivity contribution in [2.45, 2.75) is 23.6 Å². The van der Waals surface area contributed by atoms with E-state index in [9.17, 15) is 37.1 Å². The molecule has 0 amide bonds. The average Bonchev–Trinajstić information content (AvgIpc) is 2.90. The van der Waals surface area contributed by atoms with E-state index >= 15 is 0 Å². The minimum atomic E-state index is -4.62. The largest absolute Gasteiger partial charge is 0.350 e. The van der Waals surface area contributed by atoms with Crippen LogP contribution in [0.1, 0.15) is 11.1 Å². The zero-order valence-electron chi connectivity index (χ0n) is 21.8. The molecular formula is C27H24N4O8S2. The molecule has 4 rings (SSSR count). The standard InChI is InChI=1S/C27H24N4O8S2/c1-18-3-7-20(8-4-18)28-24-13-11-22(15-26(24)30(32)33)40(36,37)17-41(38,39)23-12-14-25(27(16-23)31(34)35)29-21-9-5-19(2)6-10-21/h3-16,28-29H,17H2,1-2H3. The first-order chi connectivity index (χ1) is 19.2. The Hall–Kier alpha value is -4.82. The third-order valence-electron chi connectivity index (χ3n) is 6.02. The van der Waals surface area contributed by atoms with E-state index in [0.717, 1.165) is 35.4 Å². The van der Waals surface area contributed by atoms with Gasteiger partial charge in [-0.05, 0) is 62.4 Å². The van der Waals surface area contributed by atoms with E-state index in [0.29, 0.717) is 11.4 Å². The molecule has 0 aliphatic heterocycles. The van der Waals surface area contributed by atoms with Gasteiger partial charge in [0, 0.05) is 23.5 Å². The van der Waals surface area contributed by atoms with Crippen LogP contribution in [0.25, 0.3) is 0 Å². The predicted molar refractivity (Wildman–Crippen MR) is 154 cm³/mol. The molecule has 0 radical (unpaired) electrons. The summed E-state index contributed by atoms with van der Waals surface area (Å²) in [6.45, 7) is 3.74. The van der Waals surface area contributed by atoms with Gasteiger partial charge in [-0.2, -0.15) is 0 Å². The van der Waals surface area contributed by atoms with Crippen molar-refractivity contribution in [1.29, 1.82) is 0 Å². The lowest BCUT2D eigenvalue weighted by Crippen LogP contribution is -2.17. The third kappa shape index (κ3) is 6.85. The minimum absolute atomic E-state index is 0.00736. The molecule has 0 aliphatic rings. The van der Waals surface area contributed by atoms with Crippen LogP contribution >= 0.6 is 0 Å². The van der Waals surface area contributed by atoms with Crippen LogP contribution in [0.3, 0.4) is 0 Å².